The Kier molecular flexibility index (Phi) is 5.34. The Bertz CT molecular complexity index is 873. The molecule has 25 heavy (non-hydrogen) atoms. The number of nitrogens with one attached hydrogen (secondary N) is 1. The summed E-state index contributed by atoms with van der Waals surface area (Å²) < 4.78 is 19.5. The molecular weight excluding hydrogens is 385 g/mol. The van der Waals surface area contributed by atoms with Crippen LogP contribution in [0.15, 0.2) is 69.8 Å². The number of hydrogen-bond donors (Lipinski definition) is 1. The zero-order valence-electron chi connectivity index (χ0n) is 13.6. The van der Waals surface area contributed by atoms with Crippen molar-refractivity contribution >= 4 is 21.8 Å². The summed E-state index contributed by atoms with van der Waals surface area (Å²) in [5.41, 5.74) is 2.74. The molecule has 1 heterocycles. The van der Waals surface area contributed by atoms with Crippen molar-refractivity contribution in [3.8, 4) is 0 Å². The van der Waals surface area contributed by atoms with Crippen LogP contribution in [0.5, 0.6) is 0 Å². The minimum Gasteiger partial charge on any atom is -0.444 e. The Morgan fingerprint density at radius 1 is 1.12 bits per heavy atom. The van der Waals surface area contributed by atoms with E-state index < -0.39 is 6.04 Å². The molecule has 1 atom stereocenters. The van der Waals surface area contributed by atoms with E-state index in [2.05, 4.69) is 28.2 Å². The maximum atomic E-state index is 13.7. The molecule has 1 N–H and O–H groups in total. The molecule has 0 aliphatic carbocycles. The maximum absolute atomic E-state index is 13.7. The SMILES string of the molecule is CCc1ccc([C@H](NC(=O)c2ccc(Br)o2)c2cccc(F)c2)cc1. The van der Waals surface area contributed by atoms with Gasteiger partial charge in [0.2, 0.25) is 0 Å². The van der Waals surface area contributed by atoms with E-state index in [1.54, 1.807) is 24.3 Å². The summed E-state index contributed by atoms with van der Waals surface area (Å²) in [5.74, 6) is -0.513. The summed E-state index contributed by atoms with van der Waals surface area (Å²) in [6.07, 6.45) is 0.928. The van der Waals surface area contributed by atoms with Crippen molar-refractivity contribution in [3.63, 3.8) is 0 Å². The minimum absolute atomic E-state index is 0.193. The Labute approximate surface area is 154 Å². The molecule has 0 radical (unpaired) electrons. The quantitative estimate of drug-likeness (QED) is 0.633. The first-order valence-electron chi connectivity index (χ1n) is 7.97. The minimum atomic E-state index is -0.474. The summed E-state index contributed by atoms with van der Waals surface area (Å²) in [7, 11) is 0. The molecule has 5 heteroatoms. The molecule has 0 saturated carbocycles. The van der Waals surface area contributed by atoms with Gasteiger partial charge in [-0.25, -0.2) is 4.39 Å². The number of halogens is 2. The number of carbonyl (C=O) groups is 1. The highest BCUT2D eigenvalue weighted by molar-refractivity contribution is 9.10. The van der Waals surface area contributed by atoms with Crippen molar-refractivity contribution in [1.82, 2.24) is 5.32 Å². The van der Waals surface area contributed by atoms with E-state index in [0.717, 1.165) is 12.0 Å². The second-order valence-corrected chi connectivity index (χ2v) is 6.44. The van der Waals surface area contributed by atoms with E-state index in [0.29, 0.717) is 10.2 Å². The van der Waals surface area contributed by atoms with Crippen LogP contribution < -0.4 is 5.32 Å². The van der Waals surface area contributed by atoms with Crippen molar-refractivity contribution < 1.29 is 13.6 Å². The third kappa shape index (κ3) is 4.17. The lowest BCUT2D eigenvalue weighted by Crippen LogP contribution is -2.29. The van der Waals surface area contributed by atoms with E-state index in [1.807, 2.05) is 24.3 Å². The third-order valence-corrected chi connectivity index (χ3v) is 4.40. The van der Waals surface area contributed by atoms with Gasteiger partial charge in [0.15, 0.2) is 10.4 Å². The second-order valence-electron chi connectivity index (χ2n) is 5.66. The molecule has 0 aliphatic rings. The van der Waals surface area contributed by atoms with Crippen LogP contribution in [0.3, 0.4) is 0 Å². The van der Waals surface area contributed by atoms with Crippen LogP contribution in [-0.2, 0) is 6.42 Å². The first-order valence-corrected chi connectivity index (χ1v) is 8.76. The van der Waals surface area contributed by atoms with Crippen LogP contribution in [0.1, 0.15) is 40.2 Å². The van der Waals surface area contributed by atoms with Crippen molar-refractivity contribution in [3.05, 3.63) is 93.6 Å². The molecule has 3 rings (SSSR count). The van der Waals surface area contributed by atoms with Gasteiger partial charge in [-0.1, -0.05) is 43.3 Å². The molecule has 0 fully saturated rings. The molecule has 0 saturated heterocycles. The van der Waals surface area contributed by atoms with Crippen LogP contribution in [0.25, 0.3) is 0 Å². The lowest BCUT2D eigenvalue weighted by atomic mass is 9.97. The molecule has 2 aromatic carbocycles. The van der Waals surface area contributed by atoms with Gasteiger partial charge in [0.1, 0.15) is 5.82 Å². The number of benzene rings is 2. The lowest BCUT2D eigenvalue weighted by molar-refractivity contribution is 0.0913. The fraction of sp³-hybridized carbons (Fsp3) is 0.150. The average molecular weight is 402 g/mol. The summed E-state index contributed by atoms with van der Waals surface area (Å²) in [6.45, 7) is 2.08. The largest absolute Gasteiger partial charge is 0.444 e. The average Bonchev–Trinajstić information content (AvgIpc) is 3.06. The Morgan fingerprint density at radius 2 is 1.88 bits per heavy atom. The Morgan fingerprint density at radius 3 is 2.48 bits per heavy atom. The number of carbonyl (C=O) groups excluding carboxylic acids is 1. The van der Waals surface area contributed by atoms with E-state index in [4.69, 9.17) is 4.42 Å². The van der Waals surface area contributed by atoms with Gasteiger partial charge in [0.05, 0.1) is 6.04 Å². The van der Waals surface area contributed by atoms with Gasteiger partial charge in [-0.05, 0) is 63.3 Å². The first-order chi connectivity index (χ1) is 12.1. The van der Waals surface area contributed by atoms with Gasteiger partial charge in [-0.3, -0.25) is 4.79 Å². The summed E-state index contributed by atoms with van der Waals surface area (Å²) in [5, 5.41) is 2.92. The fourth-order valence-corrected chi connectivity index (χ4v) is 2.94. The molecule has 0 unspecified atom stereocenters. The van der Waals surface area contributed by atoms with Crippen LogP contribution in [0.2, 0.25) is 0 Å². The molecule has 0 aliphatic heterocycles. The molecule has 0 bridgehead atoms. The molecule has 1 aromatic heterocycles. The highest BCUT2D eigenvalue weighted by Crippen LogP contribution is 2.24. The van der Waals surface area contributed by atoms with Gasteiger partial charge in [-0.15, -0.1) is 0 Å². The first kappa shape index (κ1) is 17.4. The monoisotopic (exact) mass is 401 g/mol. The predicted molar refractivity (Wildman–Crippen MR) is 97.9 cm³/mol. The van der Waals surface area contributed by atoms with Crippen LogP contribution in [-0.4, -0.2) is 5.91 Å². The molecular formula is C20H17BrFNO2. The predicted octanol–water partition coefficient (Wildman–Crippen LogP) is 5.26. The van der Waals surface area contributed by atoms with Gasteiger partial charge in [0, 0.05) is 0 Å². The van der Waals surface area contributed by atoms with Gasteiger partial charge in [0.25, 0.3) is 5.91 Å². The number of furan rings is 1. The lowest BCUT2D eigenvalue weighted by Gasteiger charge is -2.20. The van der Waals surface area contributed by atoms with Crippen LogP contribution in [0, 0.1) is 5.82 Å². The number of amides is 1. The van der Waals surface area contributed by atoms with E-state index in [-0.39, 0.29) is 17.5 Å². The van der Waals surface area contributed by atoms with E-state index >= 15 is 0 Å². The third-order valence-electron chi connectivity index (χ3n) is 3.98. The smallest absolute Gasteiger partial charge is 0.287 e. The molecule has 3 aromatic rings. The maximum Gasteiger partial charge on any atom is 0.287 e. The van der Waals surface area contributed by atoms with Crippen molar-refractivity contribution in [2.75, 3.05) is 0 Å². The van der Waals surface area contributed by atoms with Crippen molar-refractivity contribution in [2.45, 2.75) is 19.4 Å². The highest BCUT2D eigenvalue weighted by Gasteiger charge is 2.20. The van der Waals surface area contributed by atoms with Gasteiger partial charge < -0.3 is 9.73 Å². The van der Waals surface area contributed by atoms with Crippen LogP contribution >= 0.6 is 15.9 Å². The van der Waals surface area contributed by atoms with E-state index in [9.17, 15) is 9.18 Å². The summed E-state index contributed by atoms with van der Waals surface area (Å²) in [6, 6.07) is 16.9. The number of hydrogen-bond acceptors (Lipinski definition) is 2. The number of aryl methyl sites for hydroxylation is 1. The van der Waals surface area contributed by atoms with Crippen molar-refractivity contribution in [1.29, 1.82) is 0 Å². The normalized spacial score (nSPS) is 12.0. The van der Waals surface area contributed by atoms with Gasteiger partial charge >= 0.3 is 0 Å². The molecule has 3 nitrogen and oxygen atoms in total. The van der Waals surface area contributed by atoms with Crippen molar-refractivity contribution in [2.24, 2.45) is 0 Å². The van der Waals surface area contributed by atoms with Crippen LogP contribution in [0.4, 0.5) is 4.39 Å². The molecule has 128 valence electrons. The second kappa shape index (κ2) is 7.66. The van der Waals surface area contributed by atoms with E-state index in [1.165, 1.54) is 17.7 Å². The molecule has 1 amide bonds. The standard InChI is InChI=1S/C20H17BrFNO2/c1-2-13-6-8-14(9-7-13)19(15-4-3-5-16(22)12-15)23-20(24)17-10-11-18(21)25-17/h3-12,19H,2H2,1H3,(H,23,24)/t19-/m0/s1. The Hall–Kier alpha value is -2.40. The Balaban J connectivity index is 1.94. The zero-order chi connectivity index (χ0) is 17.8. The zero-order valence-corrected chi connectivity index (χ0v) is 15.2. The highest BCUT2D eigenvalue weighted by atomic mass is 79.9. The topological polar surface area (TPSA) is 42.2 Å². The fourth-order valence-electron chi connectivity index (χ4n) is 2.63. The summed E-state index contributed by atoms with van der Waals surface area (Å²) >= 11 is 3.19. The van der Waals surface area contributed by atoms with Gasteiger partial charge in [-0.2, -0.15) is 0 Å². The number of rotatable bonds is 5. The summed E-state index contributed by atoms with van der Waals surface area (Å²) in [4.78, 5) is 12.5. The molecule has 0 spiro atoms.